The number of nitrogens with two attached hydrogens (primary N) is 1. The molecule has 3 aliphatic carbocycles. The van der Waals surface area contributed by atoms with Crippen molar-refractivity contribution in [2.75, 3.05) is 0 Å². The Hall–Kier alpha value is -0.600. The van der Waals surface area contributed by atoms with Gasteiger partial charge in [0, 0.05) is 6.04 Å². The lowest BCUT2D eigenvalue weighted by molar-refractivity contribution is 0.674. The molecular formula is C25H54N2. The predicted octanol–water partition coefficient (Wildman–Crippen LogP) is 8.61. The second-order valence-corrected chi connectivity index (χ2v) is 7.75. The van der Waals surface area contributed by atoms with Crippen LogP contribution in [-0.2, 0) is 0 Å². The molecule has 2 unspecified atom stereocenters. The molecule has 0 saturated heterocycles. The Bertz CT molecular complexity index is 298. The molecule has 2 heteroatoms. The zero-order chi connectivity index (χ0) is 20.2. The average Bonchev–Trinajstić information content (AvgIpc) is 3.51. The van der Waals surface area contributed by atoms with Gasteiger partial charge in [-0.3, -0.25) is 0 Å². The monoisotopic (exact) mass is 382 g/mol. The average molecular weight is 383 g/mol. The highest BCUT2D eigenvalue weighted by Crippen LogP contribution is 2.50. The molecule has 0 aromatic heterocycles. The highest BCUT2D eigenvalue weighted by atomic mass is 14.8. The molecule has 0 bridgehead atoms. The van der Waals surface area contributed by atoms with Gasteiger partial charge in [-0.15, -0.1) is 0 Å². The third kappa shape index (κ3) is 23.4. The molecule has 0 radical (unpaired) electrons. The van der Waals surface area contributed by atoms with E-state index in [0.717, 1.165) is 11.8 Å². The summed E-state index contributed by atoms with van der Waals surface area (Å²) in [6.45, 7) is 16.7. The van der Waals surface area contributed by atoms with Gasteiger partial charge >= 0.3 is 0 Å². The van der Waals surface area contributed by atoms with E-state index in [1.807, 2.05) is 0 Å². The molecule has 0 amide bonds. The molecule has 5 N–H and O–H groups in total. The maximum absolute atomic E-state index is 5.67. The molecule has 0 spiro atoms. The third-order valence-electron chi connectivity index (χ3n) is 4.93. The molecular weight excluding hydrogens is 328 g/mol. The van der Waals surface area contributed by atoms with Gasteiger partial charge in [-0.2, -0.15) is 0 Å². The summed E-state index contributed by atoms with van der Waals surface area (Å²) < 4.78 is 0. The molecule has 0 aromatic carbocycles. The summed E-state index contributed by atoms with van der Waals surface area (Å²) in [5.41, 5.74) is 7.09. The van der Waals surface area contributed by atoms with Gasteiger partial charge in [0.1, 0.15) is 0 Å². The molecule has 0 heterocycles. The summed E-state index contributed by atoms with van der Waals surface area (Å²) in [6.07, 6.45) is 20.3. The molecule has 2 nitrogen and oxygen atoms in total. The lowest BCUT2D eigenvalue weighted by Crippen LogP contribution is -2.05. The van der Waals surface area contributed by atoms with E-state index in [9.17, 15) is 0 Å². The minimum atomic E-state index is 0. The van der Waals surface area contributed by atoms with E-state index in [0.29, 0.717) is 6.04 Å². The van der Waals surface area contributed by atoms with Crippen molar-refractivity contribution in [1.29, 1.82) is 0 Å². The lowest BCUT2D eigenvalue weighted by Gasteiger charge is -1.90. The van der Waals surface area contributed by atoms with E-state index in [4.69, 9.17) is 5.73 Å². The van der Waals surface area contributed by atoms with Gasteiger partial charge in [0.25, 0.3) is 0 Å². The molecule has 3 saturated carbocycles. The van der Waals surface area contributed by atoms with Crippen LogP contribution in [0.25, 0.3) is 0 Å². The summed E-state index contributed by atoms with van der Waals surface area (Å²) in [6, 6.07) is 0.619. The van der Waals surface area contributed by atoms with Crippen molar-refractivity contribution in [3.05, 3.63) is 24.3 Å². The van der Waals surface area contributed by atoms with E-state index in [-0.39, 0.29) is 6.15 Å². The Kier molecular flexibility index (Phi) is 27.0. The van der Waals surface area contributed by atoms with Crippen LogP contribution in [0.15, 0.2) is 24.3 Å². The molecule has 27 heavy (non-hydrogen) atoms. The number of fused-ring (bicyclic) bond motifs is 1. The van der Waals surface area contributed by atoms with E-state index in [1.54, 1.807) is 0 Å². The first kappa shape index (κ1) is 31.1. The molecule has 3 fully saturated rings. The smallest absolute Gasteiger partial charge is 0.0102 e. The predicted molar refractivity (Wildman–Crippen MR) is 128 cm³/mol. The highest BCUT2D eigenvalue weighted by Gasteiger charge is 2.49. The molecule has 2 atom stereocenters. The molecule has 0 aliphatic heterocycles. The lowest BCUT2D eigenvalue weighted by atomic mass is 10.2. The number of hydrogen-bond acceptors (Lipinski definition) is 2. The van der Waals surface area contributed by atoms with Gasteiger partial charge in [-0.05, 0) is 50.4 Å². The van der Waals surface area contributed by atoms with Gasteiger partial charge in [0.05, 0.1) is 0 Å². The largest absolute Gasteiger partial charge is 0.344 e. The number of hydrogen-bond donors (Lipinski definition) is 2. The van der Waals surface area contributed by atoms with Gasteiger partial charge in [0.2, 0.25) is 0 Å². The zero-order valence-corrected chi connectivity index (χ0v) is 19.9. The normalized spacial score (nSPS) is 22.9. The molecule has 3 aliphatic rings. The molecule has 3 rings (SSSR count). The Morgan fingerprint density at radius 3 is 1.41 bits per heavy atom. The fourth-order valence-electron chi connectivity index (χ4n) is 2.42. The first-order valence-corrected chi connectivity index (χ1v) is 11.6. The van der Waals surface area contributed by atoms with E-state index < -0.39 is 0 Å². The van der Waals surface area contributed by atoms with Crippen molar-refractivity contribution in [2.24, 2.45) is 17.6 Å². The SMILES string of the molecule is C=C1CC1.CCC=CCCC.CCCC.CCCC.N.NC1C2CCCC12. The Balaban J connectivity index is -0.000000272. The topological polar surface area (TPSA) is 61.0 Å². The van der Waals surface area contributed by atoms with Crippen LogP contribution in [0.3, 0.4) is 0 Å². The van der Waals surface area contributed by atoms with Gasteiger partial charge < -0.3 is 11.9 Å². The second-order valence-electron chi connectivity index (χ2n) is 7.75. The van der Waals surface area contributed by atoms with Crippen LogP contribution in [-0.4, -0.2) is 6.04 Å². The van der Waals surface area contributed by atoms with Crippen LogP contribution >= 0.6 is 0 Å². The second kappa shape index (κ2) is 23.4. The van der Waals surface area contributed by atoms with Crippen molar-refractivity contribution < 1.29 is 0 Å². The minimum Gasteiger partial charge on any atom is -0.344 e. The zero-order valence-electron chi connectivity index (χ0n) is 19.9. The van der Waals surface area contributed by atoms with Crippen molar-refractivity contribution in [1.82, 2.24) is 6.15 Å². The van der Waals surface area contributed by atoms with E-state index >= 15 is 0 Å². The van der Waals surface area contributed by atoms with Crippen LogP contribution in [0.1, 0.15) is 119 Å². The summed E-state index contributed by atoms with van der Waals surface area (Å²) in [5, 5.41) is 0. The van der Waals surface area contributed by atoms with Gasteiger partial charge in [-0.1, -0.05) is 104 Å². The maximum Gasteiger partial charge on any atom is 0.0102 e. The van der Waals surface area contributed by atoms with E-state index in [1.165, 1.54) is 82.6 Å². The fraction of sp³-hybridized carbons (Fsp3) is 0.840. The van der Waals surface area contributed by atoms with Crippen LogP contribution in [0.2, 0.25) is 0 Å². The van der Waals surface area contributed by atoms with Crippen molar-refractivity contribution in [2.45, 2.75) is 125 Å². The number of unbranched alkanes of at least 4 members (excludes halogenated alkanes) is 3. The Morgan fingerprint density at radius 1 is 0.815 bits per heavy atom. The quantitative estimate of drug-likeness (QED) is 0.467. The summed E-state index contributed by atoms with van der Waals surface area (Å²) in [5.74, 6) is 1.92. The van der Waals surface area contributed by atoms with Crippen molar-refractivity contribution in [3.63, 3.8) is 0 Å². The van der Waals surface area contributed by atoms with Crippen LogP contribution in [0.5, 0.6) is 0 Å². The summed E-state index contributed by atoms with van der Waals surface area (Å²) in [7, 11) is 0. The molecule has 0 aromatic rings. The standard InChI is InChI=1S/C7H14.C6H11N.C4H6.2C4H10.H3N/c1-3-5-7-6-4-2;7-6-4-2-1-3-5(4)6;1-4-2-3-4;2*1-3-4-2;/h5,7H,3-4,6H2,1-2H3;4-6H,1-3,7H2;1-3H2;2*3-4H2,1-2H3;1H3. The van der Waals surface area contributed by atoms with Crippen molar-refractivity contribution in [3.8, 4) is 0 Å². The number of allylic oxidation sites excluding steroid dienone is 3. The van der Waals surface area contributed by atoms with Gasteiger partial charge in [-0.25, -0.2) is 0 Å². The first-order chi connectivity index (χ1) is 12.5. The third-order valence-corrected chi connectivity index (χ3v) is 4.93. The summed E-state index contributed by atoms with van der Waals surface area (Å²) in [4.78, 5) is 0. The van der Waals surface area contributed by atoms with Crippen LogP contribution < -0.4 is 11.9 Å². The Labute approximate surface area is 173 Å². The van der Waals surface area contributed by atoms with Crippen LogP contribution in [0.4, 0.5) is 0 Å². The first-order valence-electron chi connectivity index (χ1n) is 11.6. The summed E-state index contributed by atoms with van der Waals surface area (Å²) >= 11 is 0. The molecule has 164 valence electrons. The van der Waals surface area contributed by atoms with E-state index in [2.05, 4.69) is 60.3 Å². The van der Waals surface area contributed by atoms with Crippen LogP contribution in [0, 0.1) is 11.8 Å². The fourth-order valence-corrected chi connectivity index (χ4v) is 2.42. The highest BCUT2D eigenvalue weighted by molar-refractivity contribution is 5.09. The van der Waals surface area contributed by atoms with Gasteiger partial charge in [0.15, 0.2) is 0 Å². The van der Waals surface area contributed by atoms with Crippen molar-refractivity contribution >= 4 is 0 Å². The number of rotatable bonds is 5. The maximum atomic E-state index is 5.67. The minimum absolute atomic E-state index is 0. The Morgan fingerprint density at radius 2 is 1.22 bits per heavy atom.